The van der Waals surface area contributed by atoms with Crippen LogP contribution in [0.25, 0.3) is 10.2 Å². The Labute approximate surface area is 150 Å². The maximum absolute atomic E-state index is 11.8. The summed E-state index contributed by atoms with van der Waals surface area (Å²) in [6.07, 6.45) is 2.00. The van der Waals surface area contributed by atoms with E-state index in [0.29, 0.717) is 28.9 Å². The number of hydrogen-bond donors (Lipinski definition) is 3. The first-order chi connectivity index (χ1) is 12.1. The number of urea groups is 1. The van der Waals surface area contributed by atoms with Crippen LogP contribution in [0.3, 0.4) is 0 Å². The van der Waals surface area contributed by atoms with Crippen LogP contribution in [0.2, 0.25) is 0 Å². The molecule has 1 heterocycles. The summed E-state index contributed by atoms with van der Waals surface area (Å²) in [5.74, 6) is 1.42. The molecule has 4 N–H and O–H groups in total. The number of rotatable bonds is 6. The second-order valence-corrected chi connectivity index (χ2v) is 6.58. The van der Waals surface area contributed by atoms with Gasteiger partial charge < -0.3 is 15.8 Å². The molecule has 0 bridgehead atoms. The van der Waals surface area contributed by atoms with Gasteiger partial charge in [0.05, 0.1) is 10.2 Å². The molecular formula is C18H20N4O2S. The van der Waals surface area contributed by atoms with Gasteiger partial charge in [-0.3, -0.25) is 5.32 Å². The monoisotopic (exact) mass is 356 g/mol. The summed E-state index contributed by atoms with van der Waals surface area (Å²) in [7, 11) is 0. The van der Waals surface area contributed by atoms with Crippen LogP contribution in [-0.4, -0.2) is 17.6 Å². The summed E-state index contributed by atoms with van der Waals surface area (Å²) < 4.78 is 6.76. The molecule has 0 radical (unpaired) electrons. The number of benzene rings is 2. The van der Waals surface area contributed by atoms with E-state index in [4.69, 9.17) is 10.5 Å². The van der Waals surface area contributed by atoms with Crippen molar-refractivity contribution in [3.63, 3.8) is 0 Å². The van der Waals surface area contributed by atoms with Crippen molar-refractivity contribution in [3.05, 3.63) is 42.5 Å². The highest BCUT2D eigenvalue weighted by Crippen LogP contribution is 2.31. The number of thiazole rings is 1. The Bertz CT molecular complexity index is 861. The van der Waals surface area contributed by atoms with E-state index in [-0.39, 0.29) is 6.03 Å². The van der Waals surface area contributed by atoms with Crippen LogP contribution < -0.4 is 21.1 Å². The van der Waals surface area contributed by atoms with Gasteiger partial charge in [0.1, 0.15) is 11.5 Å². The molecule has 0 fully saturated rings. The number of anilines is 2. The number of unbranched alkanes of at least 4 members (excludes halogenated alkanes) is 1. The van der Waals surface area contributed by atoms with Gasteiger partial charge in [0, 0.05) is 18.3 Å². The van der Waals surface area contributed by atoms with Gasteiger partial charge in [0.15, 0.2) is 5.13 Å². The Balaban J connectivity index is 1.68. The lowest BCUT2D eigenvalue weighted by Crippen LogP contribution is -2.29. The molecule has 1 aromatic heterocycles. The maximum Gasteiger partial charge on any atom is 0.321 e. The first-order valence-corrected chi connectivity index (χ1v) is 8.94. The summed E-state index contributed by atoms with van der Waals surface area (Å²) in [5.41, 5.74) is 7.18. The highest BCUT2D eigenvalue weighted by molar-refractivity contribution is 7.22. The Kier molecular flexibility index (Phi) is 5.35. The van der Waals surface area contributed by atoms with Gasteiger partial charge in [0.2, 0.25) is 0 Å². The number of nitrogens with zero attached hydrogens (tertiary/aromatic N) is 1. The molecule has 3 rings (SSSR count). The van der Waals surface area contributed by atoms with Crippen LogP contribution in [0.15, 0.2) is 42.5 Å². The number of ether oxygens (including phenoxy) is 1. The lowest BCUT2D eigenvalue weighted by atomic mass is 10.3. The van der Waals surface area contributed by atoms with Crippen LogP contribution in [0.5, 0.6) is 11.5 Å². The number of amides is 2. The number of hydrogen-bond acceptors (Lipinski definition) is 5. The van der Waals surface area contributed by atoms with E-state index in [0.717, 1.165) is 23.1 Å². The zero-order valence-electron chi connectivity index (χ0n) is 13.9. The van der Waals surface area contributed by atoms with Gasteiger partial charge in [-0.2, -0.15) is 0 Å². The highest BCUT2D eigenvalue weighted by Gasteiger charge is 2.08. The Morgan fingerprint density at radius 2 is 1.96 bits per heavy atom. The van der Waals surface area contributed by atoms with Crippen molar-refractivity contribution in [3.8, 4) is 11.5 Å². The summed E-state index contributed by atoms with van der Waals surface area (Å²) in [6.45, 7) is 2.74. The molecule has 3 aromatic rings. The minimum atomic E-state index is -0.231. The van der Waals surface area contributed by atoms with Gasteiger partial charge in [-0.05, 0) is 42.8 Å². The fourth-order valence-corrected chi connectivity index (χ4v) is 3.10. The molecule has 0 aliphatic rings. The number of nitrogens with two attached hydrogens (primary N) is 1. The second-order valence-electron chi connectivity index (χ2n) is 5.55. The first-order valence-electron chi connectivity index (χ1n) is 8.13. The normalized spacial score (nSPS) is 10.6. The molecule has 0 spiro atoms. The van der Waals surface area contributed by atoms with E-state index >= 15 is 0 Å². The highest BCUT2D eigenvalue weighted by atomic mass is 32.1. The molecule has 6 nitrogen and oxygen atoms in total. The first kappa shape index (κ1) is 17.0. The summed E-state index contributed by atoms with van der Waals surface area (Å²) in [6, 6.07) is 12.6. The molecule has 0 aliphatic heterocycles. The predicted octanol–water partition coefficient (Wildman–Crippen LogP) is 4.59. The standard InChI is InChI=1S/C18H20N4O2S/c1-2-3-10-20-17(23)22-18-21-15-9-8-14(11-16(15)25-18)24-13-6-4-12(19)5-7-13/h4-9,11H,2-3,10,19H2,1H3,(H2,20,21,22,23). The third-order valence-electron chi connectivity index (χ3n) is 3.51. The topological polar surface area (TPSA) is 89.3 Å². The molecular weight excluding hydrogens is 336 g/mol. The van der Waals surface area contributed by atoms with Crippen LogP contribution in [0, 0.1) is 0 Å². The lowest BCUT2D eigenvalue weighted by molar-refractivity contribution is 0.252. The number of carbonyl (C=O) groups is 1. The van der Waals surface area contributed by atoms with E-state index in [1.54, 1.807) is 12.1 Å². The van der Waals surface area contributed by atoms with Crippen LogP contribution in [0.4, 0.5) is 15.6 Å². The van der Waals surface area contributed by atoms with Crippen LogP contribution in [0.1, 0.15) is 19.8 Å². The fraction of sp³-hybridized carbons (Fsp3) is 0.222. The molecule has 0 aliphatic carbocycles. The van der Waals surface area contributed by atoms with Gasteiger partial charge in [0.25, 0.3) is 0 Å². The van der Waals surface area contributed by atoms with Crippen LogP contribution in [-0.2, 0) is 0 Å². The summed E-state index contributed by atoms with van der Waals surface area (Å²) >= 11 is 1.41. The molecule has 0 unspecified atom stereocenters. The molecule has 25 heavy (non-hydrogen) atoms. The Hall–Kier alpha value is -2.80. The number of nitrogen functional groups attached to an aromatic ring is 1. The van der Waals surface area contributed by atoms with Crippen LogP contribution >= 0.6 is 11.3 Å². The van der Waals surface area contributed by atoms with E-state index < -0.39 is 0 Å². The smallest absolute Gasteiger partial charge is 0.321 e. The second kappa shape index (κ2) is 7.85. The molecule has 0 saturated heterocycles. The van der Waals surface area contributed by atoms with Crippen molar-refractivity contribution >= 4 is 38.4 Å². The number of nitrogens with one attached hydrogen (secondary N) is 2. The van der Waals surface area contributed by atoms with Crippen molar-refractivity contribution < 1.29 is 9.53 Å². The average Bonchev–Trinajstić information content (AvgIpc) is 2.98. The number of fused-ring (bicyclic) bond motifs is 1. The third-order valence-corrected chi connectivity index (χ3v) is 4.45. The zero-order valence-corrected chi connectivity index (χ0v) is 14.7. The van der Waals surface area contributed by atoms with Crippen molar-refractivity contribution in [2.75, 3.05) is 17.6 Å². The Morgan fingerprint density at radius 3 is 2.72 bits per heavy atom. The van der Waals surface area contributed by atoms with Crippen molar-refractivity contribution in [2.45, 2.75) is 19.8 Å². The molecule has 7 heteroatoms. The SMILES string of the molecule is CCCCNC(=O)Nc1nc2ccc(Oc3ccc(N)cc3)cc2s1. The quantitative estimate of drug-likeness (QED) is 0.445. The molecule has 0 saturated carbocycles. The van der Waals surface area contributed by atoms with E-state index in [1.165, 1.54) is 11.3 Å². The number of aromatic nitrogens is 1. The minimum Gasteiger partial charge on any atom is -0.457 e. The Morgan fingerprint density at radius 1 is 1.20 bits per heavy atom. The van der Waals surface area contributed by atoms with E-state index in [2.05, 4.69) is 22.5 Å². The maximum atomic E-state index is 11.8. The van der Waals surface area contributed by atoms with Crippen molar-refractivity contribution in [1.29, 1.82) is 0 Å². The molecule has 2 amide bonds. The van der Waals surface area contributed by atoms with Gasteiger partial charge >= 0.3 is 6.03 Å². The van der Waals surface area contributed by atoms with Gasteiger partial charge in [-0.25, -0.2) is 9.78 Å². The number of carbonyl (C=O) groups excluding carboxylic acids is 1. The molecule has 2 aromatic carbocycles. The van der Waals surface area contributed by atoms with E-state index in [1.807, 2.05) is 30.3 Å². The van der Waals surface area contributed by atoms with E-state index in [9.17, 15) is 4.79 Å². The lowest BCUT2D eigenvalue weighted by Gasteiger charge is -2.05. The third kappa shape index (κ3) is 4.60. The fourth-order valence-electron chi connectivity index (χ4n) is 2.21. The van der Waals surface area contributed by atoms with Crippen molar-refractivity contribution in [2.24, 2.45) is 0 Å². The molecule has 0 atom stereocenters. The van der Waals surface area contributed by atoms with Gasteiger partial charge in [-0.1, -0.05) is 24.7 Å². The zero-order chi connectivity index (χ0) is 17.6. The predicted molar refractivity (Wildman–Crippen MR) is 102 cm³/mol. The average molecular weight is 356 g/mol. The van der Waals surface area contributed by atoms with Gasteiger partial charge in [-0.15, -0.1) is 0 Å². The molecule has 130 valence electrons. The largest absolute Gasteiger partial charge is 0.457 e. The van der Waals surface area contributed by atoms with Crippen molar-refractivity contribution in [1.82, 2.24) is 10.3 Å². The summed E-state index contributed by atoms with van der Waals surface area (Å²) in [4.78, 5) is 16.2. The minimum absolute atomic E-state index is 0.231. The summed E-state index contributed by atoms with van der Waals surface area (Å²) in [5, 5.41) is 6.14.